The molecule has 1 aromatic carbocycles. The first-order valence-electron chi connectivity index (χ1n) is 7.93. The van der Waals surface area contributed by atoms with Gasteiger partial charge in [-0.2, -0.15) is 5.10 Å². The zero-order chi connectivity index (χ0) is 17.2. The average molecular weight is 335 g/mol. The molecule has 0 aliphatic rings. The van der Waals surface area contributed by atoms with E-state index in [0.717, 1.165) is 27.8 Å². The highest BCUT2D eigenvalue weighted by Gasteiger charge is 2.12. The van der Waals surface area contributed by atoms with Gasteiger partial charge in [-0.1, -0.05) is 0 Å². The van der Waals surface area contributed by atoms with Crippen molar-refractivity contribution in [1.29, 1.82) is 0 Å². The van der Waals surface area contributed by atoms with E-state index in [0.29, 0.717) is 13.2 Å². The molecule has 4 rings (SSSR count). The van der Waals surface area contributed by atoms with Crippen LogP contribution >= 0.6 is 0 Å². The highest BCUT2D eigenvalue weighted by Crippen LogP contribution is 2.23. The molecule has 0 aliphatic heterocycles. The highest BCUT2D eigenvalue weighted by atomic mass is 16.5. The quantitative estimate of drug-likeness (QED) is 0.607. The molecule has 0 bridgehead atoms. The molecule has 3 heterocycles. The lowest BCUT2D eigenvalue weighted by atomic mass is 10.2. The van der Waals surface area contributed by atoms with Crippen molar-refractivity contribution >= 4 is 10.9 Å². The molecule has 0 amide bonds. The Balaban J connectivity index is 1.81. The van der Waals surface area contributed by atoms with E-state index in [4.69, 9.17) is 4.74 Å². The summed E-state index contributed by atoms with van der Waals surface area (Å²) >= 11 is 0. The molecular formula is C18H17N5O2. The van der Waals surface area contributed by atoms with Gasteiger partial charge in [0.25, 0.3) is 0 Å². The molecule has 25 heavy (non-hydrogen) atoms. The molecule has 0 spiro atoms. The lowest BCUT2D eigenvalue weighted by molar-refractivity contribution is 0.185. The maximum Gasteiger partial charge on any atom is 0.330 e. The number of nitrogens with zero attached hydrogens (tertiary/aromatic N) is 4. The van der Waals surface area contributed by atoms with Crippen molar-refractivity contribution in [3.8, 4) is 16.9 Å². The summed E-state index contributed by atoms with van der Waals surface area (Å²) in [6, 6.07) is 9.62. The molecule has 0 fully saturated rings. The second-order valence-corrected chi connectivity index (χ2v) is 5.66. The lowest BCUT2D eigenvalue weighted by Gasteiger charge is -2.08. The van der Waals surface area contributed by atoms with E-state index in [-0.39, 0.29) is 5.69 Å². The summed E-state index contributed by atoms with van der Waals surface area (Å²) in [6.45, 7) is 1.28. The van der Waals surface area contributed by atoms with E-state index in [9.17, 15) is 4.79 Å². The fourth-order valence-corrected chi connectivity index (χ4v) is 2.92. The van der Waals surface area contributed by atoms with E-state index in [1.807, 2.05) is 35.0 Å². The topological polar surface area (TPSA) is 77.7 Å². The first-order valence-corrected chi connectivity index (χ1v) is 7.93. The van der Waals surface area contributed by atoms with Crippen molar-refractivity contribution in [2.75, 3.05) is 13.7 Å². The second kappa shape index (κ2) is 6.37. The number of H-pyrrole nitrogens is 1. The van der Waals surface area contributed by atoms with Gasteiger partial charge < -0.3 is 9.72 Å². The van der Waals surface area contributed by atoms with Crippen LogP contribution in [0.3, 0.4) is 0 Å². The summed E-state index contributed by atoms with van der Waals surface area (Å²) in [7, 11) is 1.67. The number of pyridine rings is 1. The maximum atomic E-state index is 12.3. The molecule has 0 saturated heterocycles. The number of fused-ring (bicyclic) bond motifs is 1. The molecule has 0 radical (unpaired) electrons. The molecule has 0 unspecified atom stereocenters. The normalized spacial score (nSPS) is 11.2. The van der Waals surface area contributed by atoms with Crippen LogP contribution in [0.4, 0.5) is 0 Å². The van der Waals surface area contributed by atoms with Gasteiger partial charge >= 0.3 is 5.69 Å². The number of imidazole rings is 1. The van der Waals surface area contributed by atoms with Crippen LogP contribution in [0.25, 0.3) is 27.8 Å². The Morgan fingerprint density at radius 1 is 1.24 bits per heavy atom. The van der Waals surface area contributed by atoms with Gasteiger partial charge in [-0.05, 0) is 30.3 Å². The summed E-state index contributed by atoms with van der Waals surface area (Å²) in [5.74, 6) is 0. The zero-order valence-corrected chi connectivity index (χ0v) is 13.7. The van der Waals surface area contributed by atoms with Crippen molar-refractivity contribution in [3.05, 3.63) is 65.6 Å². The number of aromatic nitrogens is 5. The number of ether oxygens (including phenoxy) is 1. The predicted octanol–water partition coefficient (Wildman–Crippen LogP) is 2.22. The van der Waals surface area contributed by atoms with E-state index in [1.165, 1.54) is 0 Å². The fraction of sp³-hybridized carbons (Fsp3) is 0.167. The molecule has 1 N–H and O–H groups in total. The number of benzene rings is 1. The molecule has 0 aliphatic carbocycles. The SMILES string of the molecule is COCCn1ncc2cc(-n3c(-c4cccnc4)c[nH]c3=O)ccc21. The Labute approximate surface area is 143 Å². The Hall–Kier alpha value is -3.19. The number of aromatic amines is 1. The molecule has 126 valence electrons. The van der Waals surface area contributed by atoms with Crippen LogP contribution in [-0.2, 0) is 11.3 Å². The van der Waals surface area contributed by atoms with Crippen LogP contribution < -0.4 is 5.69 Å². The summed E-state index contributed by atoms with van der Waals surface area (Å²) in [4.78, 5) is 19.2. The summed E-state index contributed by atoms with van der Waals surface area (Å²) < 4.78 is 8.65. The van der Waals surface area contributed by atoms with E-state index in [2.05, 4.69) is 15.1 Å². The fourth-order valence-electron chi connectivity index (χ4n) is 2.92. The van der Waals surface area contributed by atoms with Crippen LogP contribution in [-0.4, -0.2) is 38.0 Å². The standard InChI is InChI=1S/C18H17N5O2/c1-25-8-7-22-16-5-4-15(9-14(16)11-21-22)23-17(12-20-18(23)24)13-3-2-6-19-10-13/h2-6,9-12H,7-8H2,1H3,(H,20,24). The van der Waals surface area contributed by atoms with E-state index < -0.39 is 0 Å². The third-order valence-electron chi connectivity index (χ3n) is 4.12. The summed E-state index contributed by atoms with van der Waals surface area (Å²) in [5.41, 5.74) is 3.24. The van der Waals surface area contributed by atoms with E-state index in [1.54, 1.807) is 36.5 Å². The summed E-state index contributed by atoms with van der Waals surface area (Å²) in [5, 5.41) is 5.36. The van der Waals surface area contributed by atoms with Crippen LogP contribution in [0.2, 0.25) is 0 Å². The van der Waals surface area contributed by atoms with Crippen LogP contribution in [0.1, 0.15) is 0 Å². The second-order valence-electron chi connectivity index (χ2n) is 5.66. The minimum absolute atomic E-state index is 0.190. The Kier molecular flexibility index (Phi) is 3.91. The molecule has 0 saturated carbocycles. The number of nitrogens with one attached hydrogen (secondary N) is 1. The third-order valence-corrected chi connectivity index (χ3v) is 4.12. The molecule has 3 aromatic heterocycles. The Morgan fingerprint density at radius 2 is 2.16 bits per heavy atom. The van der Waals surface area contributed by atoms with E-state index >= 15 is 0 Å². The first kappa shape index (κ1) is 15.3. The van der Waals surface area contributed by atoms with Gasteiger partial charge in [0.05, 0.1) is 36.2 Å². The number of hydrogen-bond acceptors (Lipinski definition) is 4. The predicted molar refractivity (Wildman–Crippen MR) is 94.8 cm³/mol. The lowest BCUT2D eigenvalue weighted by Crippen LogP contribution is -2.15. The van der Waals surface area contributed by atoms with Crippen molar-refractivity contribution in [3.63, 3.8) is 0 Å². The van der Waals surface area contributed by atoms with Crippen LogP contribution in [0.15, 0.2) is 59.9 Å². The number of rotatable bonds is 5. The number of hydrogen-bond donors (Lipinski definition) is 1. The van der Waals surface area contributed by atoms with Gasteiger partial charge in [-0.15, -0.1) is 0 Å². The van der Waals surface area contributed by atoms with Gasteiger partial charge in [0, 0.05) is 36.7 Å². The Bertz CT molecular complexity index is 1060. The molecule has 7 heteroatoms. The average Bonchev–Trinajstić information content (AvgIpc) is 3.23. The maximum absolute atomic E-state index is 12.3. The van der Waals surface area contributed by atoms with Crippen molar-refractivity contribution in [1.82, 2.24) is 24.3 Å². The smallest absolute Gasteiger partial charge is 0.330 e. The highest BCUT2D eigenvalue weighted by molar-refractivity contribution is 5.81. The minimum atomic E-state index is -0.190. The molecular weight excluding hydrogens is 318 g/mol. The number of methoxy groups -OCH3 is 1. The monoisotopic (exact) mass is 335 g/mol. The Morgan fingerprint density at radius 3 is 2.96 bits per heavy atom. The molecule has 0 atom stereocenters. The molecule has 7 nitrogen and oxygen atoms in total. The molecule has 4 aromatic rings. The third kappa shape index (κ3) is 2.74. The van der Waals surface area contributed by atoms with Crippen molar-refractivity contribution < 1.29 is 4.74 Å². The van der Waals surface area contributed by atoms with Crippen molar-refractivity contribution in [2.24, 2.45) is 0 Å². The first-order chi connectivity index (χ1) is 12.3. The minimum Gasteiger partial charge on any atom is -0.383 e. The van der Waals surface area contributed by atoms with Crippen LogP contribution in [0.5, 0.6) is 0 Å². The van der Waals surface area contributed by atoms with Gasteiger partial charge in [0.15, 0.2) is 0 Å². The summed E-state index contributed by atoms with van der Waals surface area (Å²) in [6.07, 6.45) is 6.95. The van der Waals surface area contributed by atoms with Gasteiger partial charge in [-0.3, -0.25) is 14.2 Å². The van der Waals surface area contributed by atoms with Crippen molar-refractivity contribution in [2.45, 2.75) is 6.54 Å². The zero-order valence-electron chi connectivity index (χ0n) is 13.7. The van der Waals surface area contributed by atoms with Gasteiger partial charge in [0.1, 0.15) is 0 Å². The van der Waals surface area contributed by atoms with Gasteiger partial charge in [0.2, 0.25) is 0 Å². The van der Waals surface area contributed by atoms with Gasteiger partial charge in [-0.25, -0.2) is 4.79 Å². The largest absolute Gasteiger partial charge is 0.383 e. The van der Waals surface area contributed by atoms with Crippen LogP contribution in [0, 0.1) is 0 Å².